The largest absolute Gasteiger partial charge is 0.665 e. The van der Waals surface area contributed by atoms with Crippen LogP contribution in [0.2, 0.25) is 0 Å². The molecule has 7 N–H and O–H groups in total. The van der Waals surface area contributed by atoms with Gasteiger partial charge < -0.3 is 41.8 Å². The molecule has 0 aromatic carbocycles. The van der Waals surface area contributed by atoms with E-state index in [9.17, 15) is 0 Å². The van der Waals surface area contributed by atoms with E-state index in [4.69, 9.17) is 21.7 Å². The van der Waals surface area contributed by atoms with E-state index in [1.807, 2.05) is 0 Å². The van der Waals surface area contributed by atoms with Crippen LogP contribution in [0.25, 0.3) is 5.73 Å². The fourth-order valence-corrected chi connectivity index (χ4v) is 0.991. The summed E-state index contributed by atoms with van der Waals surface area (Å²) >= 11 is 0. The predicted octanol–water partition coefficient (Wildman–Crippen LogP) is -1.91. The van der Waals surface area contributed by atoms with Gasteiger partial charge in [0.1, 0.15) is 0 Å². The molecule has 8 nitrogen and oxygen atoms in total. The Morgan fingerprint density at radius 3 is 1.79 bits per heavy atom. The van der Waals surface area contributed by atoms with Crippen molar-refractivity contribution in [3.63, 3.8) is 0 Å². The number of aliphatic hydroxyl groups excluding tert-OH is 2. The van der Waals surface area contributed by atoms with E-state index >= 15 is 0 Å². The maximum absolute atomic E-state index is 8.94. The number of methoxy groups -OCH3 is 2. The molecule has 2 atom stereocenters. The van der Waals surface area contributed by atoms with E-state index in [0.717, 1.165) is 0 Å². The standard InChI is InChI=1S/C5H14N2O2.C5H13N2O2.Y/c2*1-9-3-5(8)2-7-4-6;/h5,7-8H,2-4,6H2,1H3;5-8H,2-4H2,1H3;/q;-1;. The van der Waals surface area contributed by atoms with Gasteiger partial charge in [0.25, 0.3) is 0 Å². The summed E-state index contributed by atoms with van der Waals surface area (Å²) in [6.45, 7) is 2.13. The Balaban J connectivity index is -0.000000256. The molecule has 0 aliphatic rings. The summed E-state index contributed by atoms with van der Waals surface area (Å²) in [7, 11) is 3.08. The van der Waals surface area contributed by atoms with Gasteiger partial charge in [0.05, 0.1) is 25.4 Å². The zero-order valence-electron chi connectivity index (χ0n) is 11.8. The molecule has 9 heteroatoms. The molecule has 115 valence electrons. The van der Waals surface area contributed by atoms with Gasteiger partial charge in [-0.15, -0.1) is 0 Å². The number of hydrogen-bond donors (Lipinski definition) is 5. The van der Waals surface area contributed by atoms with Crippen LogP contribution in [0.4, 0.5) is 0 Å². The molecule has 0 heterocycles. The Labute approximate surface area is 140 Å². The number of nitrogens with one attached hydrogen (secondary N) is 3. The van der Waals surface area contributed by atoms with Gasteiger partial charge in [-0.2, -0.15) is 0 Å². The molecule has 0 fully saturated rings. The summed E-state index contributed by atoms with van der Waals surface area (Å²) in [4.78, 5) is 0. The third kappa shape index (κ3) is 24.2. The smallest absolute Gasteiger partial charge is 0.0897 e. The summed E-state index contributed by atoms with van der Waals surface area (Å²) in [5, 5.41) is 23.3. The van der Waals surface area contributed by atoms with Crippen molar-refractivity contribution in [3.05, 3.63) is 5.73 Å². The van der Waals surface area contributed by atoms with Crippen molar-refractivity contribution in [3.8, 4) is 0 Å². The number of ether oxygens (including phenoxy) is 2. The van der Waals surface area contributed by atoms with Gasteiger partial charge in [-0.3, -0.25) is 0 Å². The number of nitrogens with two attached hydrogens (primary N) is 1. The summed E-state index contributed by atoms with van der Waals surface area (Å²) < 4.78 is 9.32. The van der Waals surface area contributed by atoms with Crippen molar-refractivity contribution in [2.45, 2.75) is 12.2 Å². The third-order valence-corrected chi connectivity index (χ3v) is 1.75. The second-order valence-corrected chi connectivity index (χ2v) is 3.51. The second kappa shape index (κ2) is 21.1. The van der Waals surface area contributed by atoms with E-state index in [1.165, 1.54) is 7.11 Å². The third-order valence-electron chi connectivity index (χ3n) is 1.75. The number of aliphatic hydroxyl groups is 2. The van der Waals surface area contributed by atoms with Crippen molar-refractivity contribution in [2.75, 3.05) is 53.9 Å². The van der Waals surface area contributed by atoms with E-state index in [-0.39, 0.29) is 39.4 Å². The minimum Gasteiger partial charge on any atom is -0.665 e. The average Bonchev–Trinajstić information content (AvgIpc) is 2.35. The van der Waals surface area contributed by atoms with Crippen molar-refractivity contribution in [1.82, 2.24) is 10.6 Å². The van der Waals surface area contributed by atoms with Crippen LogP contribution in [-0.2, 0) is 42.2 Å². The molecule has 2 unspecified atom stereocenters. The summed E-state index contributed by atoms with van der Waals surface area (Å²) in [5.41, 5.74) is 11.8. The van der Waals surface area contributed by atoms with Gasteiger partial charge in [-0.05, 0) is 0 Å². The monoisotopic (exact) mass is 356 g/mol. The fourth-order valence-electron chi connectivity index (χ4n) is 0.991. The number of hydrogen-bond acceptors (Lipinski definition) is 7. The van der Waals surface area contributed by atoms with Crippen molar-refractivity contribution in [2.24, 2.45) is 5.73 Å². The normalized spacial score (nSPS) is 12.9. The van der Waals surface area contributed by atoms with Crippen LogP contribution < -0.4 is 16.4 Å². The van der Waals surface area contributed by atoms with Crippen LogP contribution in [-0.4, -0.2) is 76.3 Å². The predicted molar refractivity (Wildman–Crippen MR) is 70.0 cm³/mol. The maximum atomic E-state index is 8.94. The van der Waals surface area contributed by atoms with E-state index in [1.54, 1.807) is 7.11 Å². The number of rotatable bonds is 10. The SMILES string of the molecule is COCC(O)CNCN.COCC(O)CNC[NH-].[Y]. The molecule has 0 saturated carbocycles. The van der Waals surface area contributed by atoms with Gasteiger partial charge in [0.2, 0.25) is 0 Å². The van der Waals surface area contributed by atoms with E-state index in [2.05, 4.69) is 20.1 Å². The van der Waals surface area contributed by atoms with Crippen LogP contribution in [0.5, 0.6) is 0 Å². The molecule has 0 aliphatic heterocycles. The van der Waals surface area contributed by atoms with Gasteiger partial charge in [0, 0.05) is 66.7 Å². The van der Waals surface area contributed by atoms with Gasteiger partial charge in [0.15, 0.2) is 0 Å². The molecule has 0 aromatic heterocycles. The molecule has 0 amide bonds. The first-order valence-electron chi connectivity index (χ1n) is 5.72. The van der Waals surface area contributed by atoms with Crippen molar-refractivity contribution >= 4 is 0 Å². The first kappa shape index (κ1) is 24.8. The molecular formula is C10H27N4O4Y-. The maximum Gasteiger partial charge on any atom is 0.0897 e. The fraction of sp³-hybridized carbons (Fsp3) is 1.00. The summed E-state index contributed by atoms with van der Waals surface area (Å²) in [5.74, 6) is 0. The minimum absolute atomic E-state index is 0. The molecule has 0 spiro atoms. The van der Waals surface area contributed by atoms with Crippen LogP contribution in [0.1, 0.15) is 0 Å². The van der Waals surface area contributed by atoms with Crippen LogP contribution in [0.3, 0.4) is 0 Å². The van der Waals surface area contributed by atoms with Gasteiger partial charge in [-0.25, -0.2) is 0 Å². The Morgan fingerprint density at radius 1 is 1.05 bits per heavy atom. The van der Waals surface area contributed by atoms with E-state index < -0.39 is 12.2 Å². The van der Waals surface area contributed by atoms with Crippen molar-refractivity contribution in [1.29, 1.82) is 0 Å². The topological polar surface area (TPSA) is 133 Å². The molecule has 0 bridgehead atoms. The van der Waals surface area contributed by atoms with Gasteiger partial charge in [-0.1, -0.05) is 6.67 Å². The van der Waals surface area contributed by atoms with E-state index in [0.29, 0.717) is 33.0 Å². The molecule has 0 aromatic rings. The van der Waals surface area contributed by atoms with Gasteiger partial charge >= 0.3 is 0 Å². The first-order valence-corrected chi connectivity index (χ1v) is 5.72. The summed E-state index contributed by atoms with van der Waals surface area (Å²) in [6.07, 6.45) is -0.932. The minimum atomic E-state index is -0.486. The van der Waals surface area contributed by atoms with Crippen molar-refractivity contribution < 1.29 is 52.4 Å². The molecule has 0 rings (SSSR count). The van der Waals surface area contributed by atoms with Crippen LogP contribution in [0, 0.1) is 0 Å². The Hall–Kier alpha value is 0.784. The molecule has 0 saturated heterocycles. The zero-order chi connectivity index (χ0) is 14.2. The second-order valence-electron chi connectivity index (χ2n) is 3.51. The zero-order valence-corrected chi connectivity index (χ0v) is 14.6. The Bertz CT molecular complexity index is 143. The molecular weight excluding hydrogens is 329 g/mol. The summed E-state index contributed by atoms with van der Waals surface area (Å²) in [6, 6.07) is 0. The molecule has 0 aliphatic carbocycles. The Morgan fingerprint density at radius 2 is 1.47 bits per heavy atom. The quantitative estimate of drug-likeness (QED) is 0.289. The molecule has 19 heavy (non-hydrogen) atoms. The Kier molecular flexibility index (Phi) is 27.5. The van der Waals surface area contributed by atoms with Crippen LogP contribution in [0.15, 0.2) is 0 Å². The van der Waals surface area contributed by atoms with Crippen LogP contribution >= 0.6 is 0 Å². The first-order chi connectivity index (χ1) is 8.62. The molecule has 1 radical (unpaired) electrons. The average molecular weight is 356 g/mol.